The molecule has 2 aliphatic rings. The lowest BCUT2D eigenvalue weighted by Gasteiger charge is -2.36. The molecule has 2 aliphatic heterocycles. The molecule has 7 heteroatoms. The maximum absolute atomic E-state index is 13.7. The summed E-state index contributed by atoms with van der Waals surface area (Å²) in [6.45, 7) is 6.48. The summed E-state index contributed by atoms with van der Waals surface area (Å²) in [7, 11) is 0. The van der Waals surface area contributed by atoms with Crippen LogP contribution in [0.15, 0.2) is 72.7 Å². The Hall–Kier alpha value is -4.00. The Balaban J connectivity index is 1.51. The zero-order chi connectivity index (χ0) is 22.9. The molecular formula is C26H25N5O2. The second-order valence-corrected chi connectivity index (χ2v) is 8.40. The Labute approximate surface area is 193 Å². The average molecular weight is 440 g/mol. The quantitative estimate of drug-likeness (QED) is 0.582. The third kappa shape index (κ3) is 3.86. The summed E-state index contributed by atoms with van der Waals surface area (Å²) >= 11 is 0. The minimum absolute atomic E-state index is 0.270. The minimum atomic E-state index is -0.278. The molecule has 2 amide bonds. The predicted octanol–water partition coefficient (Wildman–Crippen LogP) is 3.20. The summed E-state index contributed by atoms with van der Waals surface area (Å²) in [5, 5.41) is 0. The monoisotopic (exact) mass is 439 g/mol. The molecule has 1 fully saturated rings. The largest absolute Gasteiger partial charge is 0.363 e. The van der Waals surface area contributed by atoms with Crippen molar-refractivity contribution >= 4 is 29.0 Å². The third-order valence-corrected chi connectivity index (χ3v) is 6.02. The number of piperazine rings is 1. The predicted molar refractivity (Wildman–Crippen MR) is 128 cm³/mol. The molecule has 1 saturated heterocycles. The van der Waals surface area contributed by atoms with Gasteiger partial charge in [0.2, 0.25) is 5.95 Å². The van der Waals surface area contributed by atoms with Gasteiger partial charge in [0.15, 0.2) is 0 Å². The first-order chi connectivity index (χ1) is 16.0. The summed E-state index contributed by atoms with van der Waals surface area (Å²) in [5.41, 5.74) is 4.32. The van der Waals surface area contributed by atoms with Crippen molar-refractivity contribution < 1.29 is 9.59 Å². The summed E-state index contributed by atoms with van der Waals surface area (Å²) in [5.74, 6) is 0.133. The first-order valence-electron chi connectivity index (χ1n) is 11.1. The molecule has 0 bridgehead atoms. The molecule has 5 rings (SSSR count). The van der Waals surface area contributed by atoms with Crippen molar-refractivity contribution in [2.75, 3.05) is 36.0 Å². The zero-order valence-electron chi connectivity index (χ0n) is 18.7. The summed E-state index contributed by atoms with van der Waals surface area (Å²) in [6.07, 6.45) is 3.46. The Bertz CT molecular complexity index is 1210. The van der Waals surface area contributed by atoms with Crippen LogP contribution in [-0.4, -0.2) is 52.9 Å². The number of aryl methyl sites for hydroxylation is 2. The lowest BCUT2D eigenvalue weighted by Crippen LogP contribution is -2.48. The number of anilines is 2. The summed E-state index contributed by atoms with van der Waals surface area (Å²) < 4.78 is 0. The van der Waals surface area contributed by atoms with Gasteiger partial charge >= 0.3 is 0 Å². The molecule has 0 spiro atoms. The average Bonchev–Trinajstić information content (AvgIpc) is 3.09. The number of aromatic nitrogens is 2. The lowest BCUT2D eigenvalue weighted by atomic mass is 10.0. The number of imide groups is 1. The van der Waals surface area contributed by atoms with E-state index in [1.165, 1.54) is 4.90 Å². The maximum atomic E-state index is 13.7. The van der Waals surface area contributed by atoms with E-state index in [1.54, 1.807) is 18.5 Å². The first-order valence-corrected chi connectivity index (χ1v) is 11.1. The van der Waals surface area contributed by atoms with Crippen LogP contribution in [0.2, 0.25) is 0 Å². The van der Waals surface area contributed by atoms with Gasteiger partial charge in [-0.15, -0.1) is 0 Å². The van der Waals surface area contributed by atoms with Crippen LogP contribution < -0.4 is 9.80 Å². The number of hydrogen-bond donors (Lipinski definition) is 0. The van der Waals surface area contributed by atoms with Crippen LogP contribution in [0, 0.1) is 13.8 Å². The number of carbonyl (C=O) groups is 2. The number of benzene rings is 2. The van der Waals surface area contributed by atoms with Crippen LogP contribution in [0.3, 0.4) is 0 Å². The fourth-order valence-corrected chi connectivity index (χ4v) is 4.58. The van der Waals surface area contributed by atoms with Crippen molar-refractivity contribution in [2.24, 2.45) is 0 Å². The Morgan fingerprint density at radius 2 is 1.33 bits per heavy atom. The van der Waals surface area contributed by atoms with Crippen LogP contribution in [0.4, 0.5) is 11.6 Å². The van der Waals surface area contributed by atoms with Crippen LogP contribution in [0.1, 0.15) is 16.7 Å². The molecule has 166 valence electrons. The number of rotatable bonds is 4. The Morgan fingerprint density at radius 3 is 1.97 bits per heavy atom. The van der Waals surface area contributed by atoms with Gasteiger partial charge in [0.05, 0.1) is 11.3 Å². The molecule has 0 radical (unpaired) electrons. The van der Waals surface area contributed by atoms with Gasteiger partial charge in [0, 0.05) is 38.6 Å². The normalized spacial score (nSPS) is 16.7. The van der Waals surface area contributed by atoms with E-state index in [0.717, 1.165) is 16.7 Å². The Kier molecular flexibility index (Phi) is 5.38. The molecule has 0 unspecified atom stereocenters. The maximum Gasteiger partial charge on any atom is 0.282 e. The standard InChI is InChI=1S/C26H25N5O2/c1-18-15-19(2)17-21(16-18)31-24(32)22(20-7-4-3-5-8-20)23(25(31)33)29-11-13-30(14-12-29)26-27-9-6-10-28-26/h3-10,15-17H,11-14H2,1-2H3. The van der Waals surface area contributed by atoms with E-state index in [2.05, 4.69) is 14.9 Å². The van der Waals surface area contributed by atoms with Gasteiger partial charge < -0.3 is 9.80 Å². The van der Waals surface area contributed by atoms with E-state index in [9.17, 15) is 9.59 Å². The van der Waals surface area contributed by atoms with Gasteiger partial charge in [0.1, 0.15) is 5.70 Å². The van der Waals surface area contributed by atoms with Gasteiger partial charge in [0.25, 0.3) is 11.8 Å². The molecule has 2 aromatic carbocycles. The highest BCUT2D eigenvalue weighted by Gasteiger charge is 2.43. The number of nitrogens with zero attached hydrogens (tertiary/aromatic N) is 5. The fraction of sp³-hybridized carbons (Fsp3) is 0.231. The summed E-state index contributed by atoms with van der Waals surface area (Å²) in [4.78, 5) is 41.5. The highest BCUT2D eigenvalue weighted by molar-refractivity contribution is 6.45. The van der Waals surface area contributed by atoms with E-state index in [-0.39, 0.29) is 11.8 Å². The van der Waals surface area contributed by atoms with Gasteiger partial charge in [-0.3, -0.25) is 9.59 Å². The van der Waals surface area contributed by atoms with Crippen molar-refractivity contribution in [3.8, 4) is 0 Å². The van der Waals surface area contributed by atoms with E-state index < -0.39 is 0 Å². The molecule has 3 aromatic rings. The lowest BCUT2D eigenvalue weighted by molar-refractivity contribution is -0.120. The molecule has 0 N–H and O–H groups in total. The SMILES string of the molecule is Cc1cc(C)cc(N2C(=O)C(c3ccccc3)=C(N3CCN(c4ncccn4)CC3)C2=O)c1. The molecule has 0 saturated carbocycles. The molecule has 7 nitrogen and oxygen atoms in total. The minimum Gasteiger partial charge on any atom is -0.363 e. The zero-order valence-corrected chi connectivity index (χ0v) is 18.7. The van der Waals surface area contributed by atoms with E-state index in [4.69, 9.17) is 0 Å². The smallest absolute Gasteiger partial charge is 0.282 e. The van der Waals surface area contributed by atoms with Crippen LogP contribution in [-0.2, 0) is 9.59 Å². The van der Waals surface area contributed by atoms with Gasteiger partial charge in [-0.05, 0) is 48.7 Å². The molecule has 1 aromatic heterocycles. The van der Waals surface area contributed by atoms with Crippen molar-refractivity contribution in [1.82, 2.24) is 14.9 Å². The van der Waals surface area contributed by atoms with E-state index in [0.29, 0.717) is 49.1 Å². The molecule has 33 heavy (non-hydrogen) atoms. The van der Waals surface area contributed by atoms with Crippen LogP contribution in [0.25, 0.3) is 5.57 Å². The second kappa shape index (κ2) is 8.50. The molecular weight excluding hydrogens is 414 g/mol. The van der Waals surface area contributed by atoms with Crippen LogP contribution >= 0.6 is 0 Å². The molecule has 0 aliphatic carbocycles. The molecule has 0 atom stereocenters. The number of amides is 2. The highest BCUT2D eigenvalue weighted by atomic mass is 16.2. The highest BCUT2D eigenvalue weighted by Crippen LogP contribution is 2.35. The summed E-state index contributed by atoms with van der Waals surface area (Å²) in [6, 6.07) is 17.1. The second-order valence-electron chi connectivity index (χ2n) is 8.40. The number of hydrogen-bond acceptors (Lipinski definition) is 6. The van der Waals surface area contributed by atoms with E-state index >= 15 is 0 Å². The van der Waals surface area contributed by atoms with E-state index in [1.807, 2.05) is 67.3 Å². The third-order valence-electron chi connectivity index (χ3n) is 6.02. The van der Waals surface area contributed by atoms with Crippen molar-refractivity contribution in [3.05, 3.63) is 89.4 Å². The number of carbonyl (C=O) groups excluding carboxylic acids is 2. The van der Waals surface area contributed by atoms with Crippen molar-refractivity contribution in [1.29, 1.82) is 0 Å². The van der Waals surface area contributed by atoms with Crippen molar-refractivity contribution in [2.45, 2.75) is 13.8 Å². The van der Waals surface area contributed by atoms with Gasteiger partial charge in [-0.2, -0.15) is 0 Å². The Morgan fingerprint density at radius 1 is 0.727 bits per heavy atom. The topological polar surface area (TPSA) is 69.6 Å². The van der Waals surface area contributed by atoms with Gasteiger partial charge in [-0.25, -0.2) is 14.9 Å². The first kappa shape index (κ1) is 20.9. The fourth-order valence-electron chi connectivity index (χ4n) is 4.58. The van der Waals surface area contributed by atoms with Crippen molar-refractivity contribution in [3.63, 3.8) is 0 Å². The molecule has 3 heterocycles. The van der Waals surface area contributed by atoms with Crippen LogP contribution in [0.5, 0.6) is 0 Å². The van der Waals surface area contributed by atoms with Gasteiger partial charge in [-0.1, -0.05) is 36.4 Å².